The van der Waals surface area contributed by atoms with Gasteiger partial charge in [-0.15, -0.1) is 0 Å². The van der Waals surface area contributed by atoms with Crippen molar-refractivity contribution >= 4 is 17.3 Å². The number of hydrogen-bond donors (Lipinski definition) is 2. The normalized spacial score (nSPS) is 10.9. The maximum Gasteiger partial charge on any atom is 0.166 e. The van der Waals surface area contributed by atoms with Crippen molar-refractivity contribution in [3.8, 4) is 0 Å². The van der Waals surface area contributed by atoms with Crippen molar-refractivity contribution in [1.29, 1.82) is 0 Å². The van der Waals surface area contributed by atoms with Crippen molar-refractivity contribution in [2.75, 3.05) is 13.6 Å². The fraction of sp³-hybridized carbons (Fsp3) is 0.875. The third-order valence-corrected chi connectivity index (χ3v) is 1.74. The summed E-state index contributed by atoms with van der Waals surface area (Å²) < 4.78 is 0. The van der Waals surface area contributed by atoms with Crippen LogP contribution in [0.2, 0.25) is 0 Å². The van der Waals surface area contributed by atoms with Crippen LogP contribution in [0, 0.1) is 5.41 Å². The van der Waals surface area contributed by atoms with E-state index in [0.717, 1.165) is 18.1 Å². The van der Waals surface area contributed by atoms with Gasteiger partial charge in [0.05, 0.1) is 0 Å². The Morgan fingerprint density at radius 3 is 2.27 bits per heavy atom. The van der Waals surface area contributed by atoms with Crippen LogP contribution < -0.4 is 10.6 Å². The van der Waals surface area contributed by atoms with Crippen molar-refractivity contribution in [2.24, 2.45) is 5.41 Å². The van der Waals surface area contributed by atoms with Crippen molar-refractivity contribution in [1.82, 2.24) is 10.6 Å². The van der Waals surface area contributed by atoms with E-state index < -0.39 is 0 Å². The van der Waals surface area contributed by atoms with E-state index in [-0.39, 0.29) is 0 Å². The fourth-order valence-electron chi connectivity index (χ4n) is 0.639. The minimum Gasteiger partial charge on any atom is -0.366 e. The van der Waals surface area contributed by atoms with E-state index in [1.807, 2.05) is 7.05 Å². The number of nitrogens with one attached hydrogen (secondary N) is 2. The summed E-state index contributed by atoms with van der Waals surface area (Å²) in [6.45, 7) is 7.61. The summed E-state index contributed by atoms with van der Waals surface area (Å²) in [5.41, 5.74) is 0.385. The van der Waals surface area contributed by atoms with Crippen LogP contribution in [0.15, 0.2) is 0 Å². The quantitative estimate of drug-likeness (QED) is 0.621. The third-order valence-electron chi connectivity index (χ3n) is 1.39. The molecule has 0 saturated heterocycles. The lowest BCUT2D eigenvalue weighted by Gasteiger charge is -2.18. The van der Waals surface area contributed by atoms with Gasteiger partial charge in [0, 0.05) is 13.6 Å². The van der Waals surface area contributed by atoms with Crippen LogP contribution in [-0.4, -0.2) is 18.7 Å². The van der Waals surface area contributed by atoms with Gasteiger partial charge in [-0.1, -0.05) is 20.8 Å². The van der Waals surface area contributed by atoms with Gasteiger partial charge < -0.3 is 10.6 Å². The van der Waals surface area contributed by atoms with Gasteiger partial charge in [-0.25, -0.2) is 0 Å². The first-order valence-electron chi connectivity index (χ1n) is 3.91. The predicted octanol–water partition coefficient (Wildman–Crippen LogP) is 1.52. The Labute approximate surface area is 74.8 Å². The molecule has 3 heteroatoms. The van der Waals surface area contributed by atoms with Crippen LogP contribution in [0.3, 0.4) is 0 Å². The molecule has 0 heterocycles. The van der Waals surface area contributed by atoms with Crippen LogP contribution >= 0.6 is 12.2 Å². The van der Waals surface area contributed by atoms with E-state index in [0.29, 0.717) is 5.41 Å². The van der Waals surface area contributed by atoms with E-state index in [4.69, 9.17) is 12.2 Å². The second-order valence-corrected chi connectivity index (χ2v) is 4.22. The van der Waals surface area contributed by atoms with Crippen molar-refractivity contribution in [3.05, 3.63) is 0 Å². The Bertz CT molecular complexity index is 127. The average molecular weight is 174 g/mol. The Balaban J connectivity index is 3.35. The van der Waals surface area contributed by atoms with E-state index in [1.54, 1.807) is 0 Å². The largest absolute Gasteiger partial charge is 0.366 e. The summed E-state index contributed by atoms with van der Waals surface area (Å²) in [5, 5.41) is 6.71. The van der Waals surface area contributed by atoms with E-state index in [9.17, 15) is 0 Å². The summed E-state index contributed by atoms with van der Waals surface area (Å²) >= 11 is 4.92. The van der Waals surface area contributed by atoms with Gasteiger partial charge in [0.2, 0.25) is 0 Å². The summed E-state index contributed by atoms with van der Waals surface area (Å²) in [5.74, 6) is 0. The number of rotatable bonds is 2. The smallest absolute Gasteiger partial charge is 0.166 e. The van der Waals surface area contributed by atoms with Gasteiger partial charge in [-0.2, -0.15) is 0 Å². The summed E-state index contributed by atoms with van der Waals surface area (Å²) in [4.78, 5) is 0. The molecule has 11 heavy (non-hydrogen) atoms. The minimum atomic E-state index is 0.385. The van der Waals surface area contributed by atoms with Crippen molar-refractivity contribution in [2.45, 2.75) is 27.2 Å². The van der Waals surface area contributed by atoms with Gasteiger partial charge >= 0.3 is 0 Å². The number of thiocarbonyl (C=S) groups is 1. The maximum atomic E-state index is 4.92. The molecule has 0 bridgehead atoms. The SMILES string of the molecule is CNC(=S)NCCC(C)(C)C. The van der Waals surface area contributed by atoms with Gasteiger partial charge in [-0.05, 0) is 24.1 Å². The molecule has 0 saturated carbocycles. The van der Waals surface area contributed by atoms with Crippen LogP contribution in [0.5, 0.6) is 0 Å². The zero-order chi connectivity index (χ0) is 8.91. The molecule has 0 aromatic rings. The lowest BCUT2D eigenvalue weighted by atomic mass is 9.92. The van der Waals surface area contributed by atoms with E-state index in [2.05, 4.69) is 31.4 Å². The monoisotopic (exact) mass is 174 g/mol. The van der Waals surface area contributed by atoms with Crippen LogP contribution in [0.25, 0.3) is 0 Å². The molecule has 66 valence electrons. The Morgan fingerprint density at radius 1 is 1.36 bits per heavy atom. The third kappa shape index (κ3) is 7.59. The van der Waals surface area contributed by atoms with Gasteiger partial charge in [-0.3, -0.25) is 0 Å². The van der Waals surface area contributed by atoms with Gasteiger partial charge in [0.1, 0.15) is 0 Å². The first-order valence-corrected chi connectivity index (χ1v) is 4.32. The molecule has 0 fully saturated rings. The van der Waals surface area contributed by atoms with E-state index >= 15 is 0 Å². The number of hydrogen-bond acceptors (Lipinski definition) is 1. The molecule has 0 rings (SSSR count). The summed E-state index contributed by atoms with van der Waals surface area (Å²) in [6.07, 6.45) is 1.13. The molecule has 0 aliphatic carbocycles. The highest BCUT2D eigenvalue weighted by Crippen LogP contribution is 2.16. The molecule has 0 unspecified atom stereocenters. The van der Waals surface area contributed by atoms with Crippen LogP contribution in [-0.2, 0) is 0 Å². The zero-order valence-corrected chi connectivity index (χ0v) is 8.64. The standard InChI is InChI=1S/C8H18N2S/c1-8(2,3)5-6-10-7(11)9-4/h5-6H2,1-4H3,(H2,9,10,11). The second-order valence-electron chi connectivity index (χ2n) is 3.82. The lowest BCUT2D eigenvalue weighted by molar-refractivity contribution is 0.378. The van der Waals surface area contributed by atoms with E-state index in [1.165, 1.54) is 0 Å². The molecule has 0 spiro atoms. The molecule has 0 aliphatic rings. The fourth-order valence-corrected chi connectivity index (χ4v) is 0.741. The van der Waals surface area contributed by atoms with Gasteiger partial charge in [0.15, 0.2) is 5.11 Å². The minimum absolute atomic E-state index is 0.385. The second kappa shape index (κ2) is 4.54. The molecular weight excluding hydrogens is 156 g/mol. The van der Waals surface area contributed by atoms with Crippen LogP contribution in [0.1, 0.15) is 27.2 Å². The first-order chi connectivity index (χ1) is 4.95. The molecule has 2 N–H and O–H groups in total. The molecular formula is C8H18N2S. The molecule has 0 atom stereocenters. The predicted molar refractivity (Wildman–Crippen MR) is 53.7 cm³/mol. The summed E-state index contributed by atoms with van der Waals surface area (Å²) in [6, 6.07) is 0. The Morgan fingerprint density at radius 2 is 1.91 bits per heavy atom. The molecule has 0 aromatic carbocycles. The highest BCUT2D eigenvalue weighted by Gasteiger charge is 2.08. The highest BCUT2D eigenvalue weighted by atomic mass is 32.1. The zero-order valence-electron chi connectivity index (χ0n) is 7.82. The molecule has 0 amide bonds. The molecule has 2 nitrogen and oxygen atoms in total. The van der Waals surface area contributed by atoms with Gasteiger partial charge in [0.25, 0.3) is 0 Å². The molecule has 0 radical (unpaired) electrons. The topological polar surface area (TPSA) is 24.1 Å². The lowest BCUT2D eigenvalue weighted by Crippen LogP contribution is -2.34. The Hall–Kier alpha value is -0.310. The average Bonchev–Trinajstić information content (AvgIpc) is 1.85. The van der Waals surface area contributed by atoms with Crippen molar-refractivity contribution in [3.63, 3.8) is 0 Å². The molecule has 0 aromatic heterocycles. The molecule has 0 aliphatic heterocycles. The Kier molecular flexibility index (Phi) is 4.42. The summed E-state index contributed by atoms with van der Waals surface area (Å²) in [7, 11) is 1.83. The van der Waals surface area contributed by atoms with Crippen LogP contribution in [0.4, 0.5) is 0 Å². The first kappa shape index (κ1) is 10.7. The maximum absolute atomic E-state index is 4.92. The highest BCUT2D eigenvalue weighted by molar-refractivity contribution is 7.80. The van der Waals surface area contributed by atoms with Crippen molar-refractivity contribution < 1.29 is 0 Å².